The third kappa shape index (κ3) is 3.17. The van der Waals surface area contributed by atoms with Crippen molar-refractivity contribution in [1.82, 2.24) is 5.32 Å². The molecular weight excluding hydrogens is 230 g/mol. The first-order valence-electron chi connectivity index (χ1n) is 6.28. The Balaban J connectivity index is 2.10. The first-order chi connectivity index (χ1) is 8.35. The summed E-state index contributed by atoms with van der Waals surface area (Å²) in [5.74, 6) is 2.24. The Morgan fingerprint density at radius 1 is 1.29 bits per heavy atom. The Bertz CT molecular complexity index is 333. The van der Waals surface area contributed by atoms with E-state index in [9.17, 15) is 0 Å². The van der Waals surface area contributed by atoms with Gasteiger partial charge in [0.25, 0.3) is 0 Å². The zero-order valence-electron chi connectivity index (χ0n) is 10.6. The molecule has 1 aliphatic rings. The van der Waals surface area contributed by atoms with Gasteiger partial charge in [-0.15, -0.1) is 0 Å². The number of hydrogen-bond donors (Lipinski definition) is 1. The van der Waals surface area contributed by atoms with Gasteiger partial charge in [-0.25, -0.2) is 0 Å². The molecular formula is C14H21NOS. The molecule has 1 N–H and O–H groups in total. The topological polar surface area (TPSA) is 21.3 Å². The van der Waals surface area contributed by atoms with Crippen molar-refractivity contribution in [3.63, 3.8) is 0 Å². The van der Waals surface area contributed by atoms with Gasteiger partial charge in [0.15, 0.2) is 0 Å². The monoisotopic (exact) mass is 251 g/mol. The maximum absolute atomic E-state index is 5.20. The van der Waals surface area contributed by atoms with Gasteiger partial charge in [-0.05, 0) is 43.3 Å². The highest BCUT2D eigenvalue weighted by Gasteiger charge is 2.24. The van der Waals surface area contributed by atoms with Crippen LogP contribution >= 0.6 is 11.8 Å². The predicted molar refractivity (Wildman–Crippen MR) is 74.9 cm³/mol. The van der Waals surface area contributed by atoms with Crippen molar-refractivity contribution in [3.8, 4) is 5.75 Å². The Morgan fingerprint density at radius 2 is 2.06 bits per heavy atom. The van der Waals surface area contributed by atoms with Crippen LogP contribution in [0.5, 0.6) is 5.75 Å². The van der Waals surface area contributed by atoms with Crippen molar-refractivity contribution in [2.24, 2.45) is 0 Å². The summed E-state index contributed by atoms with van der Waals surface area (Å²) in [5.41, 5.74) is 1.37. The number of hydrogen-bond acceptors (Lipinski definition) is 3. The molecule has 0 aliphatic carbocycles. The van der Waals surface area contributed by atoms with E-state index < -0.39 is 0 Å². The van der Waals surface area contributed by atoms with Crippen LogP contribution in [-0.4, -0.2) is 25.2 Å². The summed E-state index contributed by atoms with van der Waals surface area (Å²) >= 11 is 2.11. The molecule has 0 amide bonds. The zero-order valence-corrected chi connectivity index (χ0v) is 11.4. The predicted octanol–water partition coefficient (Wildman–Crippen LogP) is 3.24. The molecule has 0 saturated carbocycles. The van der Waals surface area contributed by atoms with E-state index in [0.717, 1.165) is 5.75 Å². The fraction of sp³-hybridized carbons (Fsp3) is 0.571. The maximum atomic E-state index is 5.20. The molecule has 17 heavy (non-hydrogen) atoms. The highest BCUT2D eigenvalue weighted by molar-refractivity contribution is 8.00. The van der Waals surface area contributed by atoms with Gasteiger partial charge in [0.05, 0.1) is 7.11 Å². The smallest absolute Gasteiger partial charge is 0.118 e. The van der Waals surface area contributed by atoms with Crippen LogP contribution in [-0.2, 0) is 0 Å². The van der Waals surface area contributed by atoms with Crippen LogP contribution in [0.3, 0.4) is 0 Å². The largest absolute Gasteiger partial charge is 0.497 e. The normalized spacial score (nSPS) is 22.1. The molecule has 94 valence electrons. The molecule has 2 nitrogen and oxygen atoms in total. The molecule has 2 unspecified atom stereocenters. The van der Waals surface area contributed by atoms with E-state index in [2.05, 4.69) is 36.3 Å². The van der Waals surface area contributed by atoms with Crippen molar-refractivity contribution in [1.29, 1.82) is 0 Å². The van der Waals surface area contributed by atoms with E-state index >= 15 is 0 Å². The minimum Gasteiger partial charge on any atom is -0.497 e. The van der Waals surface area contributed by atoms with E-state index in [1.165, 1.54) is 30.6 Å². The van der Waals surface area contributed by atoms with Gasteiger partial charge < -0.3 is 10.1 Å². The van der Waals surface area contributed by atoms with Gasteiger partial charge >= 0.3 is 0 Å². The Hall–Kier alpha value is -0.670. The van der Waals surface area contributed by atoms with Crippen molar-refractivity contribution < 1.29 is 4.74 Å². The summed E-state index contributed by atoms with van der Waals surface area (Å²) in [5, 5.41) is 4.17. The Labute approximate surface area is 108 Å². The number of methoxy groups -OCH3 is 1. The van der Waals surface area contributed by atoms with Gasteiger partial charge in [-0.1, -0.05) is 18.6 Å². The van der Waals surface area contributed by atoms with E-state index in [1.54, 1.807) is 7.11 Å². The molecule has 0 bridgehead atoms. The summed E-state index contributed by atoms with van der Waals surface area (Å²) in [6.07, 6.45) is 4.06. The Morgan fingerprint density at radius 3 is 2.59 bits per heavy atom. The second-order valence-corrected chi connectivity index (χ2v) is 5.79. The van der Waals surface area contributed by atoms with E-state index in [4.69, 9.17) is 4.74 Å². The van der Waals surface area contributed by atoms with Crippen molar-refractivity contribution >= 4 is 11.8 Å². The summed E-state index contributed by atoms with van der Waals surface area (Å²) in [7, 11) is 3.77. The van der Waals surface area contributed by atoms with Gasteiger partial charge in [-0.3, -0.25) is 0 Å². The lowest BCUT2D eigenvalue weighted by Crippen LogP contribution is -2.29. The molecule has 2 rings (SSSR count). The lowest BCUT2D eigenvalue weighted by molar-refractivity contribution is 0.414. The average molecular weight is 251 g/mol. The lowest BCUT2D eigenvalue weighted by atomic mass is 9.99. The number of nitrogens with one attached hydrogen (secondary N) is 1. The summed E-state index contributed by atoms with van der Waals surface area (Å²) in [6.45, 7) is 0. The van der Waals surface area contributed by atoms with Crippen LogP contribution in [0.1, 0.15) is 30.9 Å². The SMILES string of the molecule is CNC(c1ccc(OC)cc1)C1CCCCS1. The quantitative estimate of drug-likeness (QED) is 0.887. The van der Waals surface area contributed by atoms with Crippen LogP contribution in [0.15, 0.2) is 24.3 Å². The standard InChI is InChI=1S/C14H21NOS/c1-15-14(13-5-3-4-10-17-13)11-6-8-12(16-2)9-7-11/h6-9,13-15H,3-5,10H2,1-2H3. The number of thioether (sulfide) groups is 1. The third-order valence-corrected chi connectivity index (χ3v) is 4.83. The highest BCUT2D eigenvalue weighted by atomic mass is 32.2. The fourth-order valence-electron chi connectivity index (χ4n) is 2.41. The molecule has 1 fully saturated rings. The number of rotatable bonds is 4. The molecule has 0 radical (unpaired) electrons. The first-order valence-corrected chi connectivity index (χ1v) is 7.33. The van der Waals surface area contributed by atoms with E-state index in [-0.39, 0.29) is 0 Å². The molecule has 3 heteroatoms. The summed E-state index contributed by atoms with van der Waals surface area (Å²) in [6, 6.07) is 8.91. The average Bonchev–Trinajstić information content (AvgIpc) is 2.42. The zero-order chi connectivity index (χ0) is 12.1. The van der Waals surface area contributed by atoms with Crippen LogP contribution in [0.25, 0.3) is 0 Å². The van der Waals surface area contributed by atoms with Crippen molar-refractivity contribution in [3.05, 3.63) is 29.8 Å². The van der Waals surface area contributed by atoms with E-state index in [1.807, 2.05) is 12.1 Å². The van der Waals surface area contributed by atoms with Crippen LogP contribution in [0.2, 0.25) is 0 Å². The molecule has 1 heterocycles. The minimum atomic E-state index is 0.464. The maximum Gasteiger partial charge on any atom is 0.118 e. The van der Waals surface area contributed by atoms with E-state index in [0.29, 0.717) is 11.3 Å². The van der Waals surface area contributed by atoms with Gasteiger partial charge in [-0.2, -0.15) is 11.8 Å². The lowest BCUT2D eigenvalue weighted by Gasteiger charge is -2.30. The second-order valence-electron chi connectivity index (χ2n) is 4.44. The van der Waals surface area contributed by atoms with Gasteiger partial charge in [0.1, 0.15) is 5.75 Å². The first kappa shape index (κ1) is 12.8. The molecule has 1 aromatic carbocycles. The Kier molecular flexibility index (Phi) is 4.75. The van der Waals surface area contributed by atoms with Crippen LogP contribution in [0, 0.1) is 0 Å². The third-order valence-electron chi connectivity index (χ3n) is 3.37. The molecule has 1 aromatic rings. The summed E-state index contributed by atoms with van der Waals surface area (Å²) < 4.78 is 5.20. The minimum absolute atomic E-state index is 0.464. The van der Waals surface area contributed by atoms with Crippen molar-refractivity contribution in [2.75, 3.05) is 19.9 Å². The van der Waals surface area contributed by atoms with Gasteiger partial charge in [0.2, 0.25) is 0 Å². The fourth-order valence-corrected chi connectivity index (χ4v) is 3.90. The number of ether oxygens (including phenoxy) is 1. The molecule has 1 aliphatic heterocycles. The number of benzene rings is 1. The molecule has 0 spiro atoms. The molecule has 1 saturated heterocycles. The van der Waals surface area contributed by atoms with Crippen LogP contribution < -0.4 is 10.1 Å². The molecule has 0 aromatic heterocycles. The van der Waals surface area contributed by atoms with Crippen LogP contribution in [0.4, 0.5) is 0 Å². The summed E-state index contributed by atoms with van der Waals surface area (Å²) in [4.78, 5) is 0. The highest BCUT2D eigenvalue weighted by Crippen LogP contribution is 2.34. The van der Waals surface area contributed by atoms with Gasteiger partial charge in [0, 0.05) is 11.3 Å². The second kappa shape index (κ2) is 6.31. The molecule has 2 atom stereocenters. The van der Waals surface area contributed by atoms with Crippen molar-refractivity contribution in [2.45, 2.75) is 30.6 Å².